The van der Waals surface area contributed by atoms with Crippen LogP contribution >= 0.6 is 24.0 Å². The van der Waals surface area contributed by atoms with Crippen LogP contribution in [-0.2, 0) is 30.8 Å². The van der Waals surface area contributed by atoms with E-state index in [1.54, 1.807) is 12.4 Å². The van der Waals surface area contributed by atoms with Crippen molar-refractivity contribution >= 4 is 29.9 Å². The highest BCUT2D eigenvalue weighted by Gasteiger charge is 2.31. The van der Waals surface area contributed by atoms with Crippen LogP contribution in [0.1, 0.15) is 34.4 Å². The highest BCUT2D eigenvalue weighted by molar-refractivity contribution is 6.30. The summed E-state index contributed by atoms with van der Waals surface area (Å²) in [5.74, 6) is 0.687. The number of carbonyl (C=O) groups is 1. The van der Waals surface area contributed by atoms with Gasteiger partial charge in [-0.2, -0.15) is 5.26 Å². The molecule has 4 aromatic rings. The SMILES string of the molecule is Cl.N#Cc1ccc(Cn2cncc2CN[C@H]2CCN(Cc3cccc(Cl)c3)C2=O)cc1OCCc1ccccc1. The van der Waals surface area contributed by atoms with E-state index >= 15 is 0 Å². The second kappa shape index (κ2) is 14.0. The van der Waals surface area contributed by atoms with Gasteiger partial charge in [0.05, 0.1) is 30.2 Å². The van der Waals surface area contributed by atoms with E-state index in [-0.39, 0.29) is 24.4 Å². The number of likely N-dealkylation sites (tertiary alicyclic amines) is 1. The Hall–Kier alpha value is -3.83. The molecule has 9 heteroatoms. The minimum atomic E-state index is -0.230. The molecule has 1 aromatic heterocycles. The second-order valence-corrected chi connectivity index (χ2v) is 10.1. The van der Waals surface area contributed by atoms with E-state index < -0.39 is 0 Å². The Morgan fingerprint density at radius 2 is 1.82 bits per heavy atom. The first kappa shape index (κ1) is 29.2. The predicted octanol–water partition coefficient (Wildman–Crippen LogP) is 5.39. The van der Waals surface area contributed by atoms with Crippen molar-refractivity contribution in [3.63, 3.8) is 0 Å². The Labute approximate surface area is 245 Å². The molecule has 2 heterocycles. The molecule has 1 atom stereocenters. The Morgan fingerprint density at radius 1 is 1.02 bits per heavy atom. The Bertz CT molecular complexity index is 1470. The summed E-state index contributed by atoms with van der Waals surface area (Å²) in [6.45, 7) is 2.87. The largest absolute Gasteiger partial charge is 0.492 e. The van der Waals surface area contributed by atoms with Gasteiger partial charge in [0, 0.05) is 43.8 Å². The summed E-state index contributed by atoms with van der Waals surface area (Å²) in [7, 11) is 0. The molecule has 0 radical (unpaired) electrons. The van der Waals surface area contributed by atoms with E-state index in [2.05, 4.69) is 28.5 Å². The first-order valence-electron chi connectivity index (χ1n) is 13.0. The molecule has 0 bridgehead atoms. The quantitative estimate of drug-likeness (QED) is 0.259. The first-order valence-corrected chi connectivity index (χ1v) is 13.4. The smallest absolute Gasteiger partial charge is 0.240 e. The summed E-state index contributed by atoms with van der Waals surface area (Å²) in [5, 5.41) is 13.6. The molecule has 1 aliphatic heterocycles. The van der Waals surface area contributed by atoms with Crippen molar-refractivity contribution in [1.82, 2.24) is 19.8 Å². The molecule has 0 saturated carbocycles. The van der Waals surface area contributed by atoms with Gasteiger partial charge in [-0.1, -0.05) is 60.1 Å². The molecular formula is C31H31Cl2N5O2. The third-order valence-corrected chi connectivity index (χ3v) is 7.13. The van der Waals surface area contributed by atoms with Gasteiger partial charge in [0.15, 0.2) is 0 Å². The van der Waals surface area contributed by atoms with Crippen molar-refractivity contribution in [1.29, 1.82) is 5.26 Å². The number of benzene rings is 3. The molecule has 3 aromatic carbocycles. The van der Waals surface area contributed by atoms with Gasteiger partial charge in [-0.05, 0) is 47.4 Å². The van der Waals surface area contributed by atoms with E-state index in [9.17, 15) is 10.1 Å². The third kappa shape index (κ3) is 7.42. The van der Waals surface area contributed by atoms with E-state index in [0.717, 1.165) is 29.7 Å². The molecule has 1 fully saturated rings. The number of hydrogen-bond donors (Lipinski definition) is 1. The lowest BCUT2D eigenvalue weighted by atomic mass is 10.1. The van der Waals surface area contributed by atoms with Gasteiger partial charge >= 0.3 is 0 Å². The molecule has 206 valence electrons. The van der Waals surface area contributed by atoms with E-state index in [1.807, 2.05) is 70.3 Å². The molecule has 1 saturated heterocycles. The van der Waals surface area contributed by atoms with Gasteiger partial charge in [-0.15, -0.1) is 12.4 Å². The molecule has 7 nitrogen and oxygen atoms in total. The van der Waals surface area contributed by atoms with Crippen LogP contribution in [0.2, 0.25) is 5.02 Å². The zero-order chi connectivity index (χ0) is 27.0. The van der Waals surface area contributed by atoms with Gasteiger partial charge in [-0.3, -0.25) is 4.79 Å². The number of nitrogens with zero attached hydrogens (tertiary/aromatic N) is 4. The fourth-order valence-electron chi connectivity index (χ4n) is 4.80. The number of nitrogens with one attached hydrogen (secondary N) is 1. The number of aromatic nitrogens is 2. The fourth-order valence-corrected chi connectivity index (χ4v) is 5.02. The van der Waals surface area contributed by atoms with Gasteiger partial charge in [0.2, 0.25) is 5.91 Å². The van der Waals surface area contributed by atoms with E-state index in [0.29, 0.717) is 49.1 Å². The zero-order valence-corrected chi connectivity index (χ0v) is 23.6. The van der Waals surface area contributed by atoms with E-state index in [4.69, 9.17) is 16.3 Å². The number of carbonyl (C=O) groups excluding carboxylic acids is 1. The van der Waals surface area contributed by atoms with Crippen molar-refractivity contribution in [2.24, 2.45) is 0 Å². The molecule has 1 N–H and O–H groups in total. The second-order valence-electron chi connectivity index (χ2n) is 9.65. The molecule has 40 heavy (non-hydrogen) atoms. The minimum absolute atomic E-state index is 0. The summed E-state index contributed by atoms with van der Waals surface area (Å²) in [6, 6.07) is 25.4. The highest BCUT2D eigenvalue weighted by Crippen LogP contribution is 2.22. The number of imidazole rings is 1. The van der Waals surface area contributed by atoms with Crippen LogP contribution < -0.4 is 10.1 Å². The Kier molecular flexibility index (Phi) is 10.2. The average Bonchev–Trinajstić information content (AvgIpc) is 3.54. The van der Waals surface area contributed by atoms with Crippen LogP contribution in [-0.4, -0.2) is 39.6 Å². The van der Waals surface area contributed by atoms with Crippen molar-refractivity contribution in [3.8, 4) is 11.8 Å². The van der Waals surface area contributed by atoms with Gasteiger partial charge in [0.25, 0.3) is 0 Å². The molecular weight excluding hydrogens is 545 g/mol. The van der Waals surface area contributed by atoms with Crippen LogP contribution in [0.3, 0.4) is 0 Å². The average molecular weight is 577 g/mol. The Balaban J connectivity index is 0.00000370. The molecule has 1 amide bonds. The zero-order valence-electron chi connectivity index (χ0n) is 22.0. The first-order chi connectivity index (χ1) is 19.1. The minimum Gasteiger partial charge on any atom is -0.492 e. The lowest BCUT2D eigenvalue weighted by molar-refractivity contribution is -0.129. The number of amides is 1. The molecule has 0 unspecified atom stereocenters. The van der Waals surface area contributed by atoms with Gasteiger partial charge in [0.1, 0.15) is 11.8 Å². The maximum atomic E-state index is 13.0. The summed E-state index contributed by atoms with van der Waals surface area (Å²) in [6.07, 6.45) is 5.13. The summed E-state index contributed by atoms with van der Waals surface area (Å²) < 4.78 is 8.05. The van der Waals surface area contributed by atoms with Crippen molar-refractivity contribution in [2.75, 3.05) is 13.2 Å². The highest BCUT2D eigenvalue weighted by atomic mass is 35.5. The van der Waals surface area contributed by atoms with Crippen molar-refractivity contribution in [3.05, 3.63) is 118 Å². The third-order valence-electron chi connectivity index (χ3n) is 6.90. The van der Waals surface area contributed by atoms with Gasteiger partial charge in [-0.25, -0.2) is 4.98 Å². The normalized spacial score (nSPS) is 14.6. The lowest BCUT2D eigenvalue weighted by Gasteiger charge is -2.18. The van der Waals surface area contributed by atoms with Crippen LogP contribution in [0.4, 0.5) is 0 Å². The monoisotopic (exact) mass is 575 g/mol. The number of nitriles is 1. The maximum Gasteiger partial charge on any atom is 0.240 e. The molecule has 0 aliphatic carbocycles. The fraction of sp³-hybridized carbons (Fsp3) is 0.258. The Morgan fingerprint density at radius 3 is 2.62 bits per heavy atom. The molecule has 1 aliphatic rings. The summed E-state index contributed by atoms with van der Waals surface area (Å²) in [5.41, 5.74) is 4.72. The molecule has 5 rings (SSSR count). The number of ether oxygens (including phenoxy) is 1. The number of rotatable bonds is 11. The number of hydrogen-bond acceptors (Lipinski definition) is 5. The van der Waals surface area contributed by atoms with E-state index in [1.165, 1.54) is 5.56 Å². The van der Waals surface area contributed by atoms with Gasteiger partial charge < -0.3 is 19.5 Å². The standard InChI is InChI=1S/C31H30ClN5O2.ClH/c32-27-8-4-7-24(15-27)20-36-13-11-29(31(36)38)35-19-28-18-34-22-37(28)21-25-9-10-26(17-33)30(16-25)39-14-12-23-5-2-1-3-6-23;/h1-10,15-16,18,22,29,35H,11-14,19-21H2;1H/t29-;/m0./s1. The van der Waals surface area contributed by atoms with Crippen LogP contribution in [0.25, 0.3) is 0 Å². The summed E-state index contributed by atoms with van der Waals surface area (Å²) in [4.78, 5) is 19.2. The lowest BCUT2D eigenvalue weighted by Crippen LogP contribution is -2.38. The van der Waals surface area contributed by atoms with Crippen molar-refractivity contribution < 1.29 is 9.53 Å². The van der Waals surface area contributed by atoms with Crippen molar-refractivity contribution in [2.45, 2.75) is 38.5 Å². The number of halogens is 2. The maximum absolute atomic E-state index is 13.0. The molecule has 0 spiro atoms. The van der Waals surface area contributed by atoms with Crippen LogP contribution in [0, 0.1) is 11.3 Å². The van der Waals surface area contributed by atoms with Crippen LogP contribution in [0.5, 0.6) is 5.75 Å². The van der Waals surface area contributed by atoms with Crippen LogP contribution in [0.15, 0.2) is 85.3 Å². The topological polar surface area (TPSA) is 83.2 Å². The predicted molar refractivity (Wildman–Crippen MR) is 157 cm³/mol. The summed E-state index contributed by atoms with van der Waals surface area (Å²) >= 11 is 6.10.